The van der Waals surface area contributed by atoms with Gasteiger partial charge in [-0.1, -0.05) is 25.4 Å². The zero-order chi connectivity index (χ0) is 27.5. The van der Waals surface area contributed by atoms with Crippen molar-refractivity contribution >= 4 is 40.2 Å². The summed E-state index contributed by atoms with van der Waals surface area (Å²) in [6, 6.07) is 13.2. The standard InChI is InChI=1S/C29H33ClFN7O/c1-19(2)5-14-25-33-27(26-20(3)35-38(28(26)34-25)24-12-8-22(31)9-13-24)36-15-4-16-37(18-17-36)29(39)32-23-10-6-21(30)7-11-23/h6-13,19H,4-5,14-18H2,1-3H3,(H,32,39). The van der Waals surface area contributed by atoms with Crippen LogP contribution in [0.2, 0.25) is 5.02 Å². The van der Waals surface area contributed by atoms with Gasteiger partial charge in [0.15, 0.2) is 5.65 Å². The van der Waals surface area contributed by atoms with E-state index in [1.807, 2.05) is 11.8 Å². The second-order valence-corrected chi connectivity index (χ2v) is 10.8. The van der Waals surface area contributed by atoms with Crippen molar-refractivity contribution in [3.63, 3.8) is 0 Å². The minimum absolute atomic E-state index is 0.134. The number of benzene rings is 2. The maximum absolute atomic E-state index is 13.6. The number of hydrogen-bond acceptors (Lipinski definition) is 5. The summed E-state index contributed by atoms with van der Waals surface area (Å²) in [6.07, 6.45) is 2.51. The van der Waals surface area contributed by atoms with Crippen molar-refractivity contribution in [2.75, 3.05) is 36.4 Å². The largest absolute Gasteiger partial charge is 0.354 e. The Hall–Kier alpha value is -3.72. The molecule has 0 saturated carbocycles. The van der Waals surface area contributed by atoms with Gasteiger partial charge in [0.25, 0.3) is 0 Å². The molecule has 1 saturated heterocycles. The van der Waals surface area contributed by atoms with Gasteiger partial charge >= 0.3 is 6.03 Å². The fraction of sp³-hybridized carbons (Fsp3) is 0.379. The molecule has 0 aliphatic carbocycles. The van der Waals surface area contributed by atoms with Crippen LogP contribution in [0.15, 0.2) is 48.5 Å². The number of carbonyl (C=O) groups excluding carboxylic acids is 1. The van der Waals surface area contributed by atoms with E-state index >= 15 is 0 Å². The van der Waals surface area contributed by atoms with Crippen LogP contribution in [0.25, 0.3) is 16.7 Å². The molecular weight excluding hydrogens is 517 g/mol. The van der Waals surface area contributed by atoms with Gasteiger partial charge in [-0.15, -0.1) is 0 Å². The summed E-state index contributed by atoms with van der Waals surface area (Å²) in [6.45, 7) is 8.89. The Kier molecular flexibility index (Phi) is 7.97. The fourth-order valence-corrected chi connectivity index (χ4v) is 4.92. The van der Waals surface area contributed by atoms with Gasteiger partial charge in [-0.25, -0.2) is 23.8 Å². The summed E-state index contributed by atoms with van der Waals surface area (Å²) in [5.41, 5.74) is 2.97. The van der Waals surface area contributed by atoms with E-state index in [1.54, 1.807) is 41.1 Å². The molecule has 2 aromatic carbocycles. The highest BCUT2D eigenvalue weighted by Gasteiger charge is 2.25. The SMILES string of the molecule is Cc1nn(-c2ccc(F)cc2)c2nc(CCC(C)C)nc(N3CCCN(C(=O)Nc4ccc(Cl)cc4)CC3)c12. The average Bonchev–Trinajstić information content (AvgIpc) is 3.08. The number of rotatable bonds is 6. The highest BCUT2D eigenvalue weighted by atomic mass is 35.5. The Bertz CT molecular complexity index is 1450. The van der Waals surface area contributed by atoms with Gasteiger partial charge in [0.05, 0.1) is 16.8 Å². The Morgan fingerprint density at radius 3 is 2.49 bits per heavy atom. The minimum Gasteiger partial charge on any atom is -0.354 e. The van der Waals surface area contributed by atoms with Gasteiger partial charge in [0, 0.05) is 43.3 Å². The molecule has 1 aliphatic heterocycles. The van der Waals surface area contributed by atoms with Crippen LogP contribution < -0.4 is 10.2 Å². The lowest BCUT2D eigenvalue weighted by Crippen LogP contribution is -2.38. The van der Waals surface area contributed by atoms with Gasteiger partial charge < -0.3 is 15.1 Å². The smallest absolute Gasteiger partial charge is 0.321 e. The summed E-state index contributed by atoms with van der Waals surface area (Å²) in [7, 11) is 0. The summed E-state index contributed by atoms with van der Waals surface area (Å²) in [5.74, 6) is 1.82. The van der Waals surface area contributed by atoms with Crippen molar-refractivity contribution in [1.29, 1.82) is 0 Å². The van der Waals surface area contributed by atoms with E-state index < -0.39 is 0 Å². The number of fused-ring (bicyclic) bond motifs is 1. The third kappa shape index (κ3) is 6.14. The number of amides is 2. The Morgan fingerprint density at radius 2 is 1.77 bits per heavy atom. The second-order valence-electron chi connectivity index (χ2n) is 10.3. The quantitative estimate of drug-likeness (QED) is 0.307. The zero-order valence-corrected chi connectivity index (χ0v) is 23.2. The maximum Gasteiger partial charge on any atom is 0.321 e. The lowest BCUT2D eigenvalue weighted by molar-refractivity contribution is 0.215. The number of nitrogens with one attached hydrogen (secondary N) is 1. The highest BCUT2D eigenvalue weighted by Crippen LogP contribution is 2.30. The molecule has 1 N–H and O–H groups in total. The van der Waals surface area contributed by atoms with E-state index in [9.17, 15) is 9.18 Å². The normalized spacial score (nSPS) is 14.2. The molecule has 0 spiro atoms. The average molecular weight is 550 g/mol. The molecule has 2 amide bonds. The van der Waals surface area contributed by atoms with Crippen LogP contribution in [0.1, 0.15) is 38.2 Å². The number of halogens is 2. The van der Waals surface area contributed by atoms with E-state index in [1.165, 1.54) is 12.1 Å². The number of hydrogen-bond donors (Lipinski definition) is 1. The molecule has 1 fully saturated rings. The van der Waals surface area contributed by atoms with E-state index in [4.69, 9.17) is 26.7 Å². The van der Waals surface area contributed by atoms with Crippen molar-refractivity contribution in [1.82, 2.24) is 24.6 Å². The molecule has 4 aromatic rings. The van der Waals surface area contributed by atoms with E-state index in [0.29, 0.717) is 41.9 Å². The number of urea groups is 1. The van der Waals surface area contributed by atoms with Gasteiger partial charge in [-0.3, -0.25) is 0 Å². The summed E-state index contributed by atoms with van der Waals surface area (Å²) >= 11 is 5.97. The molecule has 8 nitrogen and oxygen atoms in total. The van der Waals surface area contributed by atoms with Crippen molar-refractivity contribution < 1.29 is 9.18 Å². The Labute approximate surface area is 232 Å². The lowest BCUT2D eigenvalue weighted by Gasteiger charge is -2.24. The molecule has 0 atom stereocenters. The minimum atomic E-state index is -0.297. The number of aryl methyl sites for hydroxylation is 2. The van der Waals surface area contributed by atoms with Crippen molar-refractivity contribution in [2.24, 2.45) is 5.92 Å². The first-order chi connectivity index (χ1) is 18.8. The first kappa shape index (κ1) is 26.9. The molecule has 0 radical (unpaired) electrons. The lowest BCUT2D eigenvalue weighted by atomic mass is 10.1. The predicted molar refractivity (Wildman–Crippen MR) is 153 cm³/mol. The molecule has 0 bridgehead atoms. The number of nitrogens with zero attached hydrogens (tertiary/aromatic N) is 6. The van der Waals surface area contributed by atoms with E-state index in [-0.39, 0.29) is 11.8 Å². The summed E-state index contributed by atoms with van der Waals surface area (Å²) in [5, 5.41) is 9.25. The molecule has 0 unspecified atom stereocenters. The molecule has 5 rings (SSSR count). The van der Waals surface area contributed by atoms with Crippen LogP contribution in [0.3, 0.4) is 0 Å². The molecule has 3 heterocycles. The number of aromatic nitrogens is 4. The van der Waals surface area contributed by atoms with Crippen LogP contribution in [0.5, 0.6) is 0 Å². The van der Waals surface area contributed by atoms with Gasteiger partial charge in [0.2, 0.25) is 0 Å². The Morgan fingerprint density at radius 1 is 1.03 bits per heavy atom. The third-order valence-electron chi connectivity index (χ3n) is 6.92. The maximum atomic E-state index is 13.6. The van der Waals surface area contributed by atoms with E-state index in [2.05, 4.69) is 24.1 Å². The van der Waals surface area contributed by atoms with Crippen molar-refractivity contribution in [3.8, 4) is 5.69 Å². The fourth-order valence-electron chi connectivity index (χ4n) is 4.79. The van der Waals surface area contributed by atoms with Crippen LogP contribution in [0, 0.1) is 18.7 Å². The predicted octanol–water partition coefficient (Wildman–Crippen LogP) is 6.25. The van der Waals surface area contributed by atoms with Crippen LogP contribution in [0.4, 0.5) is 20.7 Å². The van der Waals surface area contributed by atoms with Crippen molar-refractivity contribution in [2.45, 2.75) is 40.0 Å². The number of carbonyl (C=O) groups is 1. The van der Waals surface area contributed by atoms with Crippen molar-refractivity contribution in [3.05, 3.63) is 70.9 Å². The molecule has 1 aliphatic rings. The third-order valence-corrected chi connectivity index (χ3v) is 7.18. The first-order valence-corrected chi connectivity index (χ1v) is 13.7. The van der Waals surface area contributed by atoms with Gasteiger partial charge in [0.1, 0.15) is 17.5 Å². The topological polar surface area (TPSA) is 79.2 Å². The van der Waals surface area contributed by atoms with Gasteiger partial charge in [-0.2, -0.15) is 5.10 Å². The van der Waals surface area contributed by atoms with Crippen LogP contribution in [-0.2, 0) is 6.42 Å². The molecule has 204 valence electrons. The van der Waals surface area contributed by atoms with Crippen LogP contribution >= 0.6 is 11.6 Å². The Balaban J connectivity index is 1.44. The monoisotopic (exact) mass is 549 g/mol. The molecule has 2 aromatic heterocycles. The second kappa shape index (κ2) is 11.6. The summed E-state index contributed by atoms with van der Waals surface area (Å²) in [4.78, 5) is 27.0. The number of anilines is 2. The van der Waals surface area contributed by atoms with Gasteiger partial charge in [-0.05, 0) is 74.2 Å². The molecular formula is C29H33ClFN7O. The molecule has 39 heavy (non-hydrogen) atoms. The molecule has 10 heteroatoms. The van der Waals surface area contributed by atoms with E-state index in [0.717, 1.165) is 54.2 Å². The first-order valence-electron chi connectivity index (χ1n) is 13.4. The van der Waals surface area contributed by atoms with Crippen LogP contribution in [-0.4, -0.2) is 56.9 Å². The summed E-state index contributed by atoms with van der Waals surface area (Å²) < 4.78 is 15.4. The highest BCUT2D eigenvalue weighted by molar-refractivity contribution is 6.30. The zero-order valence-electron chi connectivity index (χ0n) is 22.5.